The minimum absolute atomic E-state index is 0.0512. The highest BCUT2D eigenvalue weighted by molar-refractivity contribution is 7.89. The first kappa shape index (κ1) is 20.7. The number of sulfonamides is 1. The number of imidazole rings is 1. The van der Waals surface area contributed by atoms with Crippen molar-refractivity contribution < 1.29 is 13.2 Å². The first-order chi connectivity index (χ1) is 13.7. The van der Waals surface area contributed by atoms with Gasteiger partial charge in [0.1, 0.15) is 5.69 Å². The molecule has 0 unspecified atom stereocenters. The Morgan fingerprint density at radius 3 is 2.69 bits per heavy atom. The maximum Gasteiger partial charge on any atom is 0.276 e. The summed E-state index contributed by atoms with van der Waals surface area (Å²) < 4.78 is 26.7. The molecule has 0 spiro atoms. The lowest BCUT2D eigenvalue weighted by atomic mass is 10.3. The van der Waals surface area contributed by atoms with Crippen LogP contribution < -0.4 is 16.2 Å². The normalized spacial score (nSPS) is 12.1. The topological polar surface area (TPSA) is 151 Å². The SMILES string of the molecule is CCn1nc(C)cc1C(=O)Nc1nc2cc(S(N)(=O)=O)ccc2n1C/C=C/CN. The van der Waals surface area contributed by atoms with Gasteiger partial charge in [0.2, 0.25) is 16.0 Å². The fourth-order valence-corrected chi connectivity index (χ4v) is 3.51. The second kappa shape index (κ2) is 8.15. The average Bonchev–Trinajstić information content (AvgIpc) is 3.21. The molecule has 1 amide bonds. The number of nitrogens with zero attached hydrogens (tertiary/aromatic N) is 4. The van der Waals surface area contributed by atoms with Gasteiger partial charge in [-0.3, -0.25) is 14.8 Å². The zero-order valence-corrected chi connectivity index (χ0v) is 17.0. The number of hydrogen-bond donors (Lipinski definition) is 3. The van der Waals surface area contributed by atoms with Crippen LogP contribution in [0, 0.1) is 6.92 Å². The Hall–Kier alpha value is -3.02. The number of carbonyl (C=O) groups excluding carboxylic acids is 1. The van der Waals surface area contributed by atoms with Crippen LogP contribution in [0.4, 0.5) is 5.95 Å². The van der Waals surface area contributed by atoms with Crippen molar-refractivity contribution in [3.63, 3.8) is 0 Å². The first-order valence-corrected chi connectivity index (χ1v) is 10.5. The van der Waals surface area contributed by atoms with Gasteiger partial charge in [0.25, 0.3) is 5.91 Å². The highest BCUT2D eigenvalue weighted by Crippen LogP contribution is 2.23. The smallest absolute Gasteiger partial charge is 0.276 e. The molecular formula is C18H23N7O3S. The number of allylic oxidation sites excluding steroid dienone is 1. The molecule has 154 valence electrons. The van der Waals surface area contributed by atoms with E-state index in [1.54, 1.807) is 27.5 Å². The molecule has 29 heavy (non-hydrogen) atoms. The Morgan fingerprint density at radius 1 is 1.28 bits per heavy atom. The van der Waals surface area contributed by atoms with Crippen LogP contribution in [-0.4, -0.2) is 40.2 Å². The molecule has 0 atom stereocenters. The number of aryl methyl sites for hydroxylation is 2. The van der Waals surface area contributed by atoms with Gasteiger partial charge in [0, 0.05) is 19.6 Å². The van der Waals surface area contributed by atoms with Crippen molar-refractivity contribution in [1.82, 2.24) is 19.3 Å². The molecule has 3 rings (SSSR count). The molecule has 5 N–H and O–H groups in total. The highest BCUT2D eigenvalue weighted by Gasteiger charge is 2.19. The van der Waals surface area contributed by atoms with Crippen molar-refractivity contribution in [3.8, 4) is 0 Å². The molecule has 2 heterocycles. The van der Waals surface area contributed by atoms with E-state index < -0.39 is 10.0 Å². The van der Waals surface area contributed by atoms with Gasteiger partial charge in [0.15, 0.2) is 0 Å². The van der Waals surface area contributed by atoms with Crippen molar-refractivity contribution >= 4 is 32.9 Å². The van der Waals surface area contributed by atoms with E-state index in [-0.39, 0.29) is 16.8 Å². The van der Waals surface area contributed by atoms with E-state index in [0.717, 1.165) is 5.69 Å². The minimum atomic E-state index is -3.87. The van der Waals surface area contributed by atoms with Gasteiger partial charge >= 0.3 is 0 Å². The molecule has 0 aliphatic heterocycles. The highest BCUT2D eigenvalue weighted by atomic mass is 32.2. The van der Waals surface area contributed by atoms with Crippen LogP contribution in [0.15, 0.2) is 41.3 Å². The lowest BCUT2D eigenvalue weighted by Gasteiger charge is -2.09. The van der Waals surface area contributed by atoms with Crippen LogP contribution in [0.25, 0.3) is 11.0 Å². The first-order valence-electron chi connectivity index (χ1n) is 8.98. The summed E-state index contributed by atoms with van der Waals surface area (Å²) in [6.45, 7) is 5.02. The van der Waals surface area contributed by atoms with Gasteiger partial charge in [-0.05, 0) is 38.1 Å². The Balaban J connectivity index is 2.05. The van der Waals surface area contributed by atoms with Crippen molar-refractivity contribution in [2.24, 2.45) is 10.9 Å². The second-order valence-corrected chi connectivity index (χ2v) is 7.95. The molecule has 0 saturated carbocycles. The van der Waals surface area contributed by atoms with Crippen LogP contribution in [0.3, 0.4) is 0 Å². The largest absolute Gasteiger partial charge is 0.327 e. The second-order valence-electron chi connectivity index (χ2n) is 6.39. The van der Waals surface area contributed by atoms with Gasteiger partial charge in [-0.25, -0.2) is 18.5 Å². The summed E-state index contributed by atoms with van der Waals surface area (Å²) >= 11 is 0. The number of amides is 1. The Kier molecular flexibility index (Phi) is 5.82. The summed E-state index contributed by atoms with van der Waals surface area (Å²) in [5.41, 5.74) is 7.69. The zero-order valence-electron chi connectivity index (χ0n) is 16.2. The molecule has 0 radical (unpaired) electrons. The lowest BCUT2D eigenvalue weighted by Crippen LogP contribution is -2.19. The summed E-state index contributed by atoms with van der Waals surface area (Å²) in [5, 5.41) is 12.3. The number of aromatic nitrogens is 4. The summed E-state index contributed by atoms with van der Waals surface area (Å²) in [6, 6.07) is 6.08. The molecule has 10 nitrogen and oxygen atoms in total. The standard InChI is InChI=1S/C18H23N7O3S/c1-3-25-16(10-12(2)23-25)17(26)22-18-21-14-11-13(29(20,27)28)6-7-15(14)24(18)9-5-4-8-19/h4-7,10-11H,3,8-9,19H2,1-2H3,(H2,20,27,28)(H,21,22,26)/b5-4+. The summed E-state index contributed by atoms with van der Waals surface area (Å²) in [7, 11) is -3.87. The van der Waals surface area contributed by atoms with Gasteiger partial charge in [-0.1, -0.05) is 12.2 Å². The number of fused-ring (bicyclic) bond motifs is 1. The van der Waals surface area contributed by atoms with E-state index in [9.17, 15) is 13.2 Å². The van der Waals surface area contributed by atoms with Gasteiger partial charge in [-0.2, -0.15) is 5.10 Å². The molecule has 3 aromatic rings. The average molecular weight is 417 g/mol. The number of primary sulfonamides is 1. The van der Waals surface area contributed by atoms with Crippen LogP contribution in [0.2, 0.25) is 0 Å². The Bertz CT molecular complexity index is 1190. The number of carbonyl (C=O) groups is 1. The maximum atomic E-state index is 12.8. The molecule has 11 heteroatoms. The van der Waals surface area contributed by atoms with E-state index >= 15 is 0 Å². The van der Waals surface area contributed by atoms with Crippen molar-refractivity contribution in [3.05, 3.63) is 47.8 Å². The maximum absolute atomic E-state index is 12.8. The van der Waals surface area contributed by atoms with Crippen molar-refractivity contribution in [2.45, 2.75) is 31.8 Å². The molecule has 0 aliphatic rings. The van der Waals surface area contributed by atoms with E-state index in [0.29, 0.717) is 36.4 Å². The lowest BCUT2D eigenvalue weighted by molar-refractivity contribution is 0.101. The number of nitrogens with one attached hydrogen (secondary N) is 1. The van der Waals surface area contributed by atoms with E-state index in [1.165, 1.54) is 12.1 Å². The quantitative estimate of drug-likeness (QED) is 0.487. The fourth-order valence-electron chi connectivity index (χ4n) is 2.98. The van der Waals surface area contributed by atoms with Crippen LogP contribution in [0.5, 0.6) is 0 Å². The molecule has 0 saturated heterocycles. The minimum Gasteiger partial charge on any atom is -0.327 e. The molecule has 0 fully saturated rings. The number of benzene rings is 1. The number of rotatable bonds is 7. The number of nitrogens with two attached hydrogens (primary N) is 2. The van der Waals surface area contributed by atoms with Gasteiger partial charge < -0.3 is 10.3 Å². The van der Waals surface area contributed by atoms with Gasteiger partial charge in [-0.15, -0.1) is 0 Å². The molecule has 1 aromatic carbocycles. The Morgan fingerprint density at radius 2 is 2.03 bits per heavy atom. The molecule has 0 aliphatic carbocycles. The van der Waals surface area contributed by atoms with Gasteiger partial charge in [0.05, 0.1) is 21.6 Å². The zero-order chi connectivity index (χ0) is 21.2. The summed E-state index contributed by atoms with van der Waals surface area (Å²) in [5.74, 6) is -0.0850. The van der Waals surface area contributed by atoms with Crippen LogP contribution in [0.1, 0.15) is 23.1 Å². The summed E-state index contributed by atoms with van der Waals surface area (Å²) in [4.78, 5) is 17.2. The third-order valence-corrected chi connectivity index (χ3v) is 5.21. The molecular weight excluding hydrogens is 394 g/mol. The summed E-state index contributed by atoms with van der Waals surface area (Å²) in [6.07, 6.45) is 3.62. The monoisotopic (exact) mass is 417 g/mol. The van der Waals surface area contributed by atoms with Crippen molar-refractivity contribution in [2.75, 3.05) is 11.9 Å². The Labute approximate surface area is 168 Å². The van der Waals surface area contributed by atoms with E-state index in [4.69, 9.17) is 10.9 Å². The predicted molar refractivity (Wildman–Crippen MR) is 110 cm³/mol. The molecule has 0 bridgehead atoms. The number of anilines is 1. The fraction of sp³-hybridized carbons (Fsp3) is 0.278. The third-order valence-electron chi connectivity index (χ3n) is 4.30. The third kappa shape index (κ3) is 4.36. The van der Waals surface area contributed by atoms with Crippen LogP contribution >= 0.6 is 0 Å². The van der Waals surface area contributed by atoms with E-state index in [1.807, 2.05) is 19.9 Å². The predicted octanol–water partition coefficient (Wildman–Crippen LogP) is 0.976. The van der Waals surface area contributed by atoms with Crippen molar-refractivity contribution in [1.29, 1.82) is 0 Å². The number of hydrogen-bond acceptors (Lipinski definition) is 6. The van der Waals surface area contributed by atoms with Crippen LogP contribution in [-0.2, 0) is 23.1 Å². The van der Waals surface area contributed by atoms with E-state index in [2.05, 4.69) is 15.4 Å². The molecule has 2 aromatic heterocycles.